The molecule has 0 bridgehead atoms. The summed E-state index contributed by atoms with van der Waals surface area (Å²) < 4.78 is 73.6. The van der Waals surface area contributed by atoms with Crippen molar-refractivity contribution in [1.29, 1.82) is 0 Å². The molecular formula is C72H96N8O39. The van der Waals surface area contributed by atoms with Gasteiger partial charge in [-0.1, -0.05) is 90.4 Å². The van der Waals surface area contributed by atoms with Gasteiger partial charge in [0.15, 0.2) is 72.5 Å². The Morgan fingerprint density at radius 2 is 0.681 bits per heavy atom. The van der Waals surface area contributed by atoms with Gasteiger partial charge in [-0.3, -0.25) is 4.79 Å². The van der Waals surface area contributed by atoms with Crippen molar-refractivity contribution in [3.63, 3.8) is 0 Å². The van der Waals surface area contributed by atoms with Crippen molar-refractivity contribution < 1.29 is 147 Å². The Labute approximate surface area is 674 Å². The maximum absolute atomic E-state index is 12.6. The first-order valence-electron chi connectivity index (χ1n) is 36.8. The van der Waals surface area contributed by atoms with Gasteiger partial charge in [-0.05, 0) is 133 Å². The first-order valence-corrected chi connectivity index (χ1v) is 36.8. The Morgan fingerprint density at radius 1 is 0.361 bits per heavy atom. The topological polar surface area (TPSA) is 632 Å². The number of alkyl carbamates (subject to hydrolysis) is 2. The summed E-state index contributed by atoms with van der Waals surface area (Å²) in [5.74, 6) is -5.30. The zero-order valence-electron chi connectivity index (χ0n) is 66.7. The van der Waals surface area contributed by atoms with E-state index in [0.29, 0.717) is 57.8 Å². The van der Waals surface area contributed by atoms with Crippen LogP contribution in [0.5, 0.6) is 5.75 Å². The highest BCUT2D eigenvalue weighted by Gasteiger charge is 2.30. The predicted octanol–water partition coefficient (Wildman–Crippen LogP) is 8.05. The van der Waals surface area contributed by atoms with E-state index >= 15 is 0 Å². The van der Waals surface area contributed by atoms with Crippen molar-refractivity contribution >= 4 is 48.1 Å². The largest absolute Gasteiger partial charge is 0.519 e. The van der Waals surface area contributed by atoms with Gasteiger partial charge in [0.2, 0.25) is 5.91 Å². The molecule has 0 saturated carbocycles. The highest BCUT2D eigenvalue weighted by molar-refractivity contribution is 5.85. The molecule has 658 valence electrons. The summed E-state index contributed by atoms with van der Waals surface area (Å²) in [5.41, 5.74) is 1.55. The molecule has 47 nitrogen and oxygen atoms in total. The highest BCUT2D eigenvalue weighted by atomic mass is 17.0. The summed E-state index contributed by atoms with van der Waals surface area (Å²) >= 11 is 0. The number of hydrogen-bond donors (Lipinski definition) is 4. The number of carbonyl (C=O) groups is 8. The molecule has 119 heavy (non-hydrogen) atoms. The molecule has 6 aromatic rings. The second-order valence-electron chi connectivity index (χ2n) is 26.5. The summed E-state index contributed by atoms with van der Waals surface area (Å²) in [4.78, 5) is 199. The van der Waals surface area contributed by atoms with Gasteiger partial charge in [-0.2, -0.15) is 0 Å². The molecule has 0 aliphatic carbocycles. The minimum Gasteiger partial charge on any atom is -0.456 e. The van der Waals surface area contributed by atoms with Gasteiger partial charge < -0.3 is 109 Å². The van der Waals surface area contributed by atoms with Crippen molar-refractivity contribution in [1.82, 2.24) is 21.3 Å². The fraction of sp³-hybridized carbons (Fsp3) is 0.556. The first kappa shape index (κ1) is 99.6. The second-order valence-corrected chi connectivity index (χ2v) is 26.5. The highest BCUT2D eigenvalue weighted by Crippen LogP contribution is 2.19. The van der Waals surface area contributed by atoms with E-state index in [-0.39, 0.29) is 161 Å². The fourth-order valence-electron chi connectivity index (χ4n) is 9.69. The maximum Gasteiger partial charge on any atom is 0.519 e. The Balaban J connectivity index is 0.000000412. The summed E-state index contributed by atoms with van der Waals surface area (Å²) in [6.45, 7) is 15.7. The van der Waals surface area contributed by atoms with Gasteiger partial charge >= 0.3 is 65.4 Å². The number of benzene rings is 2. The third kappa shape index (κ3) is 44.2. The number of carbonyl (C=O) groups excluding carboxylic acids is 8. The van der Waals surface area contributed by atoms with Crippen LogP contribution in [0, 0.1) is 85.9 Å². The average molecular weight is 1700 g/mol. The summed E-state index contributed by atoms with van der Waals surface area (Å²) in [5, 5.41) is 46.6. The fourth-order valence-corrected chi connectivity index (χ4v) is 9.69. The average Bonchev–Trinajstić information content (AvgIpc) is 1.80. The Hall–Kier alpha value is -13.6. The molecule has 47 heteroatoms. The molecule has 2 aromatic carbocycles. The van der Waals surface area contributed by atoms with Crippen molar-refractivity contribution in [3.05, 3.63) is 195 Å². The van der Waals surface area contributed by atoms with Crippen LogP contribution in [0.15, 0.2) is 109 Å². The zero-order valence-corrected chi connectivity index (χ0v) is 66.7. The molecule has 0 fully saturated rings. The SMILES string of the molecule is Cc1oc(=O)oc1COC(=O)C(CC(C)C)NC(=O)CCCO[N+](=O)[O-].Cc1oc(=O)oc1COC(=O)C(CC(C)C)NC(=O)OCCCCO[N+](=O)[O-].Cc1oc(=O)oc1COC(=O)C(CC(C)C)NC(=O)Oc1ccc(CCO[N+](=O)[O-])cc1.Cc1oc(=O)oc1COC(=O)C(Cc1ccccc1)NC(=O)OCCCCCCO[N+](=O)[O-]. The molecule has 4 unspecified atom stereocenters. The molecule has 4 amide bonds. The Kier molecular flexibility index (Phi) is 45.5. The van der Waals surface area contributed by atoms with Crippen LogP contribution < -0.4 is 49.3 Å². The van der Waals surface area contributed by atoms with E-state index in [0.717, 1.165) is 11.1 Å². The maximum atomic E-state index is 12.6. The van der Waals surface area contributed by atoms with E-state index in [4.69, 9.17) is 59.7 Å². The minimum absolute atomic E-state index is 0.00965. The van der Waals surface area contributed by atoms with E-state index in [1.54, 1.807) is 36.4 Å². The molecule has 4 N–H and O–H groups in total. The lowest BCUT2D eigenvalue weighted by Gasteiger charge is -2.19. The lowest BCUT2D eigenvalue weighted by Crippen LogP contribution is -2.44. The van der Waals surface area contributed by atoms with Crippen LogP contribution in [0.2, 0.25) is 0 Å². The molecule has 0 spiro atoms. The third-order valence-electron chi connectivity index (χ3n) is 15.4. The minimum atomic E-state index is -1.03. The molecule has 0 aliphatic heterocycles. The molecule has 6 rings (SSSR count). The monoisotopic (exact) mass is 1700 g/mol. The van der Waals surface area contributed by atoms with Gasteiger partial charge in [-0.25, -0.2) is 52.7 Å². The van der Waals surface area contributed by atoms with Crippen LogP contribution >= 0.6 is 0 Å². The number of hydrogen-bond acceptors (Lipinski definition) is 39. The van der Waals surface area contributed by atoms with Gasteiger partial charge in [0.1, 0.15) is 36.5 Å². The first-order chi connectivity index (χ1) is 56.3. The molecule has 0 aliphatic rings. The van der Waals surface area contributed by atoms with E-state index in [1.807, 2.05) is 47.6 Å². The standard InChI is InChI=1S/C21H26N2O10.C20H24N2O10.C16H24N2O10.C15H22N2O9/c1-15-18(33-21(26)32-15)14-30-19(24)17(13-16-9-5-4-6-10-16)22-20(25)29-11-7-2-3-8-12-31-23(27)28;1-12(2)10-16(18(23)28-11-17-13(3)30-20(25)32-17)21-19(24)31-15-6-4-14(5-7-15)8-9-29-22(26)27;1-10(2)8-12(14(19)25-9-13-11(3)27-16(21)28-13)17-15(20)24-6-4-5-7-26-18(22)23;1-9(2)7-11(16-13(18)5-4-6-24-17(21)22)14(19)23-8-12-10(3)25-15(20)26-12/h4-6,9-10,17H,2-3,7-8,11-14H2,1H3,(H,22,25);4-7,12,16H,8-11H2,1-3H3,(H,21,24);10,12H,4-9H2,1-3H3,(H,17,20);9,11H,4-8H2,1-3H3,(H,16,18). The lowest BCUT2D eigenvalue weighted by molar-refractivity contribution is -0.757. The van der Waals surface area contributed by atoms with Crippen molar-refractivity contribution in [2.75, 3.05) is 39.6 Å². The number of nitrogens with one attached hydrogen (secondary N) is 4. The Bertz CT molecular complexity index is 4410. The summed E-state index contributed by atoms with van der Waals surface area (Å²) in [6.07, 6.45) is 2.20. The number of esters is 4. The Morgan fingerprint density at radius 3 is 1.04 bits per heavy atom. The van der Waals surface area contributed by atoms with Crippen molar-refractivity contribution in [3.8, 4) is 5.75 Å². The third-order valence-corrected chi connectivity index (χ3v) is 15.4. The molecular weight excluding hydrogens is 1600 g/mol. The molecule has 0 saturated heterocycles. The van der Waals surface area contributed by atoms with Crippen LogP contribution in [0.1, 0.15) is 169 Å². The predicted molar refractivity (Wildman–Crippen MR) is 396 cm³/mol. The zero-order chi connectivity index (χ0) is 88.5. The van der Waals surface area contributed by atoms with Gasteiger partial charge in [0, 0.05) is 12.8 Å². The molecule has 0 radical (unpaired) electrons. The number of rotatable bonds is 48. The van der Waals surface area contributed by atoms with E-state index in [2.05, 4.69) is 49.5 Å². The van der Waals surface area contributed by atoms with E-state index in [1.165, 1.54) is 39.8 Å². The van der Waals surface area contributed by atoms with E-state index in [9.17, 15) is 98.0 Å². The van der Waals surface area contributed by atoms with E-state index < -0.39 is 116 Å². The van der Waals surface area contributed by atoms with Crippen molar-refractivity contribution in [2.24, 2.45) is 17.8 Å². The van der Waals surface area contributed by atoms with Crippen molar-refractivity contribution in [2.45, 2.75) is 203 Å². The number of amides is 4. The summed E-state index contributed by atoms with van der Waals surface area (Å²) in [6, 6.07) is 11.5. The number of aryl methyl sites for hydroxylation is 4. The normalized spacial score (nSPS) is 11.6. The van der Waals surface area contributed by atoms with Crippen LogP contribution in [0.3, 0.4) is 0 Å². The molecule has 4 heterocycles. The van der Waals surface area contributed by atoms with Gasteiger partial charge in [-0.15, -0.1) is 40.5 Å². The second kappa shape index (κ2) is 54.3. The smallest absolute Gasteiger partial charge is 0.456 e. The van der Waals surface area contributed by atoms with Crippen LogP contribution in [-0.4, -0.2) is 132 Å². The van der Waals surface area contributed by atoms with Crippen LogP contribution in [0.4, 0.5) is 14.4 Å². The summed E-state index contributed by atoms with van der Waals surface area (Å²) in [7, 11) is 0. The van der Waals surface area contributed by atoms with Gasteiger partial charge in [0.05, 0.1) is 33.0 Å². The van der Waals surface area contributed by atoms with Crippen LogP contribution in [-0.2, 0) is 111 Å². The number of unbranched alkanes of at least 4 members (excludes halogenated alkanes) is 4. The number of nitrogens with zero attached hydrogens (tertiary/aromatic N) is 4. The number of ether oxygens (including phenoxy) is 7. The molecule has 4 atom stereocenters. The quantitative estimate of drug-likeness (QED) is 0.00922. The van der Waals surface area contributed by atoms with Crippen LogP contribution in [0.25, 0.3) is 0 Å². The molecule has 4 aromatic heterocycles. The van der Waals surface area contributed by atoms with Gasteiger partial charge in [0.25, 0.3) is 20.3 Å². The lowest BCUT2D eigenvalue weighted by atomic mass is 10.0.